The maximum Gasteiger partial charge on any atom is 0.308 e. The first-order valence-corrected chi connectivity index (χ1v) is 7.70. The van der Waals surface area contributed by atoms with Crippen LogP contribution in [0.4, 0.5) is 0 Å². The zero-order valence-electron chi connectivity index (χ0n) is 13.2. The van der Waals surface area contributed by atoms with Crippen LogP contribution in [-0.4, -0.2) is 60.4 Å². The van der Waals surface area contributed by atoms with Crippen LogP contribution in [0.1, 0.15) is 40.0 Å². The van der Waals surface area contributed by atoms with Gasteiger partial charge in [0.25, 0.3) is 5.91 Å². The molecule has 6 heteroatoms. The van der Waals surface area contributed by atoms with Crippen molar-refractivity contribution in [1.82, 2.24) is 4.90 Å². The van der Waals surface area contributed by atoms with Crippen molar-refractivity contribution in [2.24, 2.45) is 5.92 Å². The lowest BCUT2D eigenvalue weighted by Gasteiger charge is -2.27. The Balaban J connectivity index is 2.56. The van der Waals surface area contributed by atoms with Gasteiger partial charge in [0.05, 0.1) is 12.0 Å². The van der Waals surface area contributed by atoms with Gasteiger partial charge in [-0.25, -0.2) is 0 Å². The molecule has 1 aliphatic heterocycles. The maximum atomic E-state index is 12.5. The molecule has 1 N–H and O–H groups in total. The van der Waals surface area contributed by atoms with E-state index in [4.69, 9.17) is 14.6 Å². The first kappa shape index (κ1) is 17.9. The molecule has 0 bridgehead atoms. The van der Waals surface area contributed by atoms with E-state index < -0.39 is 18.0 Å². The fraction of sp³-hybridized carbons (Fsp3) is 0.867. The molecule has 0 radical (unpaired) electrons. The summed E-state index contributed by atoms with van der Waals surface area (Å²) < 4.78 is 10.9. The number of hydrogen-bond donors (Lipinski definition) is 1. The van der Waals surface area contributed by atoms with Crippen molar-refractivity contribution in [3.63, 3.8) is 0 Å². The Bertz CT molecular complexity index is 347. The van der Waals surface area contributed by atoms with Gasteiger partial charge >= 0.3 is 5.97 Å². The largest absolute Gasteiger partial charge is 0.481 e. The quantitative estimate of drug-likeness (QED) is 0.654. The molecule has 0 aliphatic carbocycles. The molecule has 1 rings (SSSR count). The Labute approximate surface area is 126 Å². The molecule has 3 atom stereocenters. The lowest BCUT2D eigenvalue weighted by atomic mass is 10.1. The van der Waals surface area contributed by atoms with Crippen molar-refractivity contribution in [3.8, 4) is 0 Å². The molecule has 1 heterocycles. The summed E-state index contributed by atoms with van der Waals surface area (Å²) in [6.45, 7) is 7.42. The van der Waals surface area contributed by atoms with Gasteiger partial charge in [0.1, 0.15) is 6.10 Å². The third-order valence-electron chi connectivity index (χ3n) is 3.66. The second-order valence-electron chi connectivity index (χ2n) is 5.59. The van der Waals surface area contributed by atoms with E-state index in [1.54, 1.807) is 11.8 Å². The first-order valence-electron chi connectivity index (χ1n) is 7.70. The van der Waals surface area contributed by atoms with E-state index in [9.17, 15) is 9.59 Å². The van der Waals surface area contributed by atoms with E-state index >= 15 is 0 Å². The van der Waals surface area contributed by atoms with Crippen LogP contribution < -0.4 is 0 Å². The van der Waals surface area contributed by atoms with Crippen molar-refractivity contribution in [2.45, 2.75) is 52.2 Å². The molecule has 1 aliphatic rings. The summed E-state index contributed by atoms with van der Waals surface area (Å²) in [4.78, 5) is 25.1. The molecule has 1 fully saturated rings. The van der Waals surface area contributed by atoms with Crippen LogP contribution in [0.15, 0.2) is 0 Å². The highest BCUT2D eigenvalue weighted by Gasteiger charge is 2.32. The topological polar surface area (TPSA) is 76.1 Å². The molecule has 1 saturated heterocycles. The molecule has 0 aromatic carbocycles. The summed E-state index contributed by atoms with van der Waals surface area (Å²) in [6, 6.07) is 0. The van der Waals surface area contributed by atoms with Gasteiger partial charge in [-0.2, -0.15) is 0 Å². The van der Waals surface area contributed by atoms with Crippen LogP contribution in [0.2, 0.25) is 0 Å². The first-order chi connectivity index (χ1) is 9.95. The van der Waals surface area contributed by atoms with Crippen LogP contribution in [-0.2, 0) is 19.1 Å². The van der Waals surface area contributed by atoms with Crippen molar-refractivity contribution in [2.75, 3.05) is 26.3 Å². The van der Waals surface area contributed by atoms with Gasteiger partial charge in [0.2, 0.25) is 0 Å². The van der Waals surface area contributed by atoms with Crippen LogP contribution in [0, 0.1) is 5.92 Å². The highest BCUT2D eigenvalue weighted by molar-refractivity contribution is 5.82. The van der Waals surface area contributed by atoms with Crippen LogP contribution in [0.5, 0.6) is 0 Å². The van der Waals surface area contributed by atoms with Crippen molar-refractivity contribution in [3.05, 3.63) is 0 Å². The van der Waals surface area contributed by atoms with Gasteiger partial charge in [-0.1, -0.05) is 6.92 Å². The van der Waals surface area contributed by atoms with Gasteiger partial charge in [-0.3, -0.25) is 9.59 Å². The summed E-state index contributed by atoms with van der Waals surface area (Å²) >= 11 is 0. The Hall–Kier alpha value is -1.14. The molecule has 122 valence electrons. The molecular weight excluding hydrogens is 274 g/mol. The van der Waals surface area contributed by atoms with Crippen LogP contribution in [0.3, 0.4) is 0 Å². The number of carbonyl (C=O) groups excluding carboxylic acids is 1. The van der Waals surface area contributed by atoms with Gasteiger partial charge in [0, 0.05) is 26.3 Å². The van der Waals surface area contributed by atoms with Crippen LogP contribution in [0.25, 0.3) is 0 Å². The van der Waals surface area contributed by atoms with Gasteiger partial charge < -0.3 is 19.5 Å². The van der Waals surface area contributed by atoms with E-state index in [1.807, 2.05) is 13.8 Å². The molecule has 21 heavy (non-hydrogen) atoms. The molecular formula is C15H27NO5. The van der Waals surface area contributed by atoms with Crippen molar-refractivity contribution < 1.29 is 24.2 Å². The second kappa shape index (κ2) is 9.00. The Morgan fingerprint density at radius 3 is 2.67 bits per heavy atom. The SMILES string of the molecule is CCOCCCN(CC(C)C(=O)O)C(=O)C1CCC(C)O1. The van der Waals surface area contributed by atoms with E-state index in [0.717, 1.165) is 6.42 Å². The van der Waals surface area contributed by atoms with Crippen molar-refractivity contribution >= 4 is 11.9 Å². The molecule has 0 aromatic heterocycles. The highest BCUT2D eigenvalue weighted by atomic mass is 16.5. The third-order valence-corrected chi connectivity index (χ3v) is 3.66. The lowest BCUT2D eigenvalue weighted by molar-refractivity contribution is -0.147. The zero-order valence-corrected chi connectivity index (χ0v) is 13.2. The van der Waals surface area contributed by atoms with Gasteiger partial charge in [-0.05, 0) is 33.1 Å². The molecule has 6 nitrogen and oxygen atoms in total. The lowest BCUT2D eigenvalue weighted by Crippen LogP contribution is -2.43. The average Bonchev–Trinajstić information content (AvgIpc) is 2.87. The number of carboxylic acid groups (broad SMARTS) is 1. The second-order valence-corrected chi connectivity index (χ2v) is 5.59. The minimum absolute atomic E-state index is 0.0936. The predicted octanol–water partition coefficient (Wildman–Crippen LogP) is 1.53. The number of carbonyl (C=O) groups is 2. The normalized spacial score (nSPS) is 23.0. The Kier molecular flexibility index (Phi) is 7.67. The summed E-state index contributed by atoms with van der Waals surface area (Å²) in [5.74, 6) is -1.57. The summed E-state index contributed by atoms with van der Waals surface area (Å²) in [6.07, 6.45) is 1.96. The van der Waals surface area contributed by atoms with Gasteiger partial charge in [0.15, 0.2) is 0 Å². The smallest absolute Gasteiger partial charge is 0.308 e. The Morgan fingerprint density at radius 2 is 2.14 bits per heavy atom. The van der Waals surface area contributed by atoms with Gasteiger partial charge in [-0.15, -0.1) is 0 Å². The monoisotopic (exact) mass is 301 g/mol. The number of nitrogens with zero attached hydrogens (tertiary/aromatic N) is 1. The number of carboxylic acids is 1. The number of amides is 1. The number of hydrogen-bond acceptors (Lipinski definition) is 4. The highest BCUT2D eigenvalue weighted by Crippen LogP contribution is 2.21. The minimum Gasteiger partial charge on any atom is -0.481 e. The van der Waals surface area contributed by atoms with E-state index in [0.29, 0.717) is 32.6 Å². The van der Waals surface area contributed by atoms with Crippen molar-refractivity contribution in [1.29, 1.82) is 0 Å². The standard InChI is InChI=1S/C15H27NO5/c1-4-20-9-5-8-16(10-11(2)15(18)19)14(17)13-7-6-12(3)21-13/h11-13H,4-10H2,1-3H3,(H,18,19). The minimum atomic E-state index is -0.890. The number of aliphatic carboxylic acids is 1. The van der Waals surface area contributed by atoms with E-state index in [2.05, 4.69) is 0 Å². The van der Waals surface area contributed by atoms with Crippen LogP contribution >= 0.6 is 0 Å². The molecule has 0 spiro atoms. The summed E-state index contributed by atoms with van der Waals surface area (Å²) in [7, 11) is 0. The molecule has 3 unspecified atom stereocenters. The molecule has 1 amide bonds. The molecule has 0 saturated carbocycles. The maximum absolute atomic E-state index is 12.5. The van der Waals surface area contributed by atoms with E-state index in [1.165, 1.54) is 0 Å². The fourth-order valence-corrected chi connectivity index (χ4v) is 2.39. The fourth-order valence-electron chi connectivity index (χ4n) is 2.39. The zero-order chi connectivity index (χ0) is 15.8. The third kappa shape index (κ3) is 6.01. The summed E-state index contributed by atoms with van der Waals surface area (Å²) in [5.41, 5.74) is 0. The predicted molar refractivity (Wildman–Crippen MR) is 78.1 cm³/mol. The van der Waals surface area contributed by atoms with E-state index in [-0.39, 0.29) is 18.6 Å². The average molecular weight is 301 g/mol. The summed E-state index contributed by atoms with van der Waals surface area (Å²) in [5, 5.41) is 9.04. The molecule has 0 aromatic rings. The Morgan fingerprint density at radius 1 is 1.43 bits per heavy atom. The number of rotatable bonds is 9. The number of ether oxygens (including phenoxy) is 2.